The number of hydrogen-bond acceptors (Lipinski definition) is 0. The second kappa shape index (κ2) is 13.3. The Bertz CT molecular complexity index is 1470. The summed E-state index contributed by atoms with van der Waals surface area (Å²) in [5.74, 6) is 0.701. The summed E-state index contributed by atoms with van der Waals surface area (Å²) in [7, 11) is 0. The lowest BCUT2D eigenvalue weighted by Crippen LogP contribution is -2.25. The summed E-state index contributed by atoms with van der Waals surface area (Å²) in [6, 6.07) is 7.23. The number of unbranched alkanes of at least 4 members (excludes halogenated alkanes) is 2. The maximum absolute atomic E-state index is 15.4. The van der Waals surface area contributed by atoms with Crippen LogP contribution in [-0.2, 0) is 0 Å². The molecule has 0 atom stereocenters. The first kappa shape index (κ1) is 31.4. The third-order valence-electron chi connectivity index (χ3n) is 9.73. The average Bonchev–Trinajstić information content (AvgIpc) is 2.96. The van der Waals surface area contributed by atoms with E-state index < -0.39 is 35.0 Å². The minimum absolute atomic E-state index is 0.0405. The minimum atomic E-state index is -4.91. The number of rotatable bonds is 7. The molecule has 7 heteroatoms. The first-order valence-corrected chi connectivity index (χ1v) is 15.5. The fourth-order valence-corrected chi connectivity index (χ4v) is 7.39. The summed E-state index contributed by atoms with van der Waals surface area (Å²) >= 11 is 0. The van der Waals surface area contributed by atoms with Crippen molar-refractivity contribution in [2.75, 3.05) is 0 Å². The van der Waals surface area contributed by atoms with Crippen LogP contribution in [0.25, 0.3) is 21.9 Å². The van der Waals surface area contributed by atoms with Crippen molar-refractivity contribution in [3.8, 4) is 23.0 Å². The van der Waals surface area contributed by atoms with Crippen molar-refractivity contribution < 1.29 is 30.7 Å². The van der Waals surface area contributed by atoms with Crippen molar-refractivity contribution in [1.82, 2.24) is 0 Å². The van der Waals surface area contributed by atoms with Crippen LogP contribution < -0.4 is 0 Å². The molecule has 230 valence electrons. The molecule has 0 radical (unpaired) electrons. The molecule has 2 aliphatic rings. The van der Waals surface area contributed by atoms with Gasteiger partial charge >= 0.3 is 6.18 Å². The lowest BCUT2D eigenvalue weighted by Gasteiger charge is -2.38. The standard InChI is InChI=1S/C36H37F7/c1-2-3-4-5-22-6-8-23(9-7-22)24-10-12-25(13-11-24)27-19-32(38)34(33(39)20-27)26-14-15-29-28(18-26)21-31(37)30(35(29)40)16-17-36(41,42)43/h14-15,18-25H,2-13H2,1H3. The van der Waals surface area contributed by atoms with Crippen LogP contribution in [0.2, 0.25) is 0 Å². The van der Waals surface area contributed by atoms with E-state index in [0.717, 1.165) is 49.5 Å². The van der Waals surface area contributed by atoms with Crippen LogP contribution in [0.3, 0.4) is 0 Å². The molecule has 2 fully saturated rings. The van der Waals surface area contributed by atoms with Crippen molar-refractivity contribution in [3.05, 3.63) is 70.8 Å². The Labute approximate surface area is 249 Å². The number of benzene rings is 3. The normalized spacial score (nSPS) is 22.8. The Morgan fingerprint density at radius 3 is 1.98 bits per heavy atom. The van der Waals surface area contributed by atoms with Crippen molar-refractivity contribution in [2.24, 2.45) is 17.8 Å². The van der Waals surface area contributed by atoms with Crippen LogP contribution >= 0.6 is 0 Å². The van der Waals surface area contributed by atoms with Gasteiger partial charge in [-0.05, 0) is 103 Å². The summed E-state index contributed by atoms with van der Waals surface area (Å²) in [4.78, 5) is 0. The lowest BCUT2D eigenvalue weighted by molar-refractivity contribution is -0.0696. The summed E-state index contributed by atoms with van der Waals surface area (Å²) in [6.07, 6.45) is 9.54. The van der Waals surface area contributed by atoms with Gasteiger partial charge in [0.2, 0.25) is 0 Å². The van der Waals surface area contributed by atoms with E-state index in [9.17, 15) is 22.0 Å². The molecule has 0 nitrogen and oxygen atoms in total. The van der Waals surface area contributed by atoms with Gasteiger partial charge < -0.3 is 0 Å². The molecule has 0 bridgehead atoms. The van der Waals surface area contributed by atoms with Crippen molar-refractivity contribution in [1.29, 1.82) is 0 Å². The first-order chi connectivity index (χ1) is 20.5. The van der Waals surface area contributed by atoms with Crippen LogP contribution in [0.1, 0.15) is 101 Å². The molecule has 0 aliphatic heterocycles. The third kappa shape index (κ3) is 7.39. The van der Waals surface area contributed by atoms with E-state index in [1.54, 1.807) is 0 Å². The van der Waals surface area contributed by atoms with Crippen LogP contribution in [0.4, 0.5) is 30.7 Å². The molecule has 0 spiro atoms. The van der Waals surface area contributed by atoms with Gasteiger partial charge in [-0.15, -0.1) is 0 Å². The van der Waals surface area contributed by atoms with Crippen LogP contribution in [0.15, 0.2) is 36.4 Å². The third-order valence-corrected chi connectivity index (χ3v) is 9.73. The van der Waals surface area contributed by atoms with Crippen LogP contribution in [0.5, 0.6) is 0 Å². The molecule has 2 aliphatic carbocycles. The Hall–Kier alpha value is -3.01. The van der Waals surface area contributed by atoms with E-state index in [2.05, 4.69) is 6.92 Å². The van der Waals surface area contributed by atoms with E-state index in [1.807, 2.05) is 0 Å². The summed E-state index contributed by atoms with van der Waals surface area (Å²) in [5.41, 5.74) is -0.612. The quantitative estimate of drug-likeness (QED) is 0.143. The number of alkyl halides is 3. The van der Waals surface area contributed by atoms with Gasteiger partial charge in [0.05, 0.1) is 11.1 Å². The maximum atomic E-state index is 15.4. The fourth-order valence-electron chi connectivity index (χ4n) is 7.39. The molecule has 0 saturated heterocycles. The predicted molar refractivity (Wildman–Crippen MR) is 156 cm³/mol. The Kier molecular flexibility index (Phi) is 9.73. The van der Waals surface area contributed by atoms with Gasteiger partial charge in [-0.3, -0.25) is 0 Å². The van der Waals surface area contributed by atoms with Crippen molar-refractivity contribution in [3.63, 3.8) is 0 Å². The number of fused-ring (bicyclic) bond motifs is 1. The first-order valence-electron chi connectivity index (χ1n) is 15.5. The monoisotopic (exact) mass is 602 g/mol. The molecule has 5 rings (SSSR count). The molecule has 43 heavy (non-hydrogen) atoms. The van der Waals surface area contributed by atoms with Gasteiger partial charge in [0.15, 0.2) is 0 Å². The Morgan fingerprint density at radius 1 is 0.744 bits per heavy atom. The van der Waals surface area contributed by atoms with E-state index in [0.29, 0.717) is 11.5 Å². The zero-order valence-corrected chi connectivity index (χ0v) is 24.4. The number of halogens is 7. The smallest absolute Gasteiger partial charge is 0.206 e. The summed E-state index contributed by atoms with van der Waals surface area (Å²) in [5, 5.41) is -0.239. The minimum Gasteiger partial charge on any atom is -0.206 e. The molecule has 0 aromatic heterocycles. The largest absolute Gasteiger partial charge is 0.458 e. The lowest BCUT2D eigenvalue weighted by atomic mass is 9.68. The van der Waals surface area contributed by atoms with Crippen LogP contribution in [-0.4, -0.2) is 6.18 Å². The second-order valence-electron chi connectivity index (χ2n) is 12.5. The van der Waals surface area contributed by atoms with E-state index in [4.69, 9.17) is 0 Å². The van der Waals surface area contributed by atoms with Crippen molar-refractivity contribution >= 4 is 10.8 Å². The average molecular weight is 603 g/mol. The fraction of sp³-hybridized carbons (Fsp3) is 0.500. The summed E-state index contributed by atoms with van der Waals surface area (Å²) < 4.78 is 97.4. The highest BCUT2D eigenvalue weighted by Gasteiger charge is 2.32. The molecule has 0 N–H and O–H groups in total. The van der Waals surface area contributed by atoms with Crippen LogP contribution in [0, 0.1) is 52.9 Å². The highest BCUT2D eigenvalue weighted by molar-refractivity contribution is 5.89. The van der Waals surface area contributed by atoms with Gasteiger partial charge in [-0.25, -0.2) is 17.6 Å². The SMILES string of the molecule is CCCCCC1CCC(C2CCC(c3cc(F)c(-c4ccc5c(F)c(C#CC(F)(F)F)c(F)cc5c4)c(F)c3)CC2)CC1. The van der Waals surface area contributed by atoms with E-state index >= 15 is 8.78 Å². The van der Waals surface area contributed by atoms with Gasteiger partial charge in [-0.2, -0.15) is 13.2 Å². The Balaban J connectivity index is 1.27. The topological polar surface area (TPSA) is 0 Å². The maximum Gasteiger partial charge on any atom is 0.458 e. The molecular weight excluding hydrogens is 565 g/mol. The zero-order chi connectivity index (χ0) is 30.7. The predicted octanol–water partition coefficient (Wildman–Crippen LogP) is 11.6. The zero-order valence-electron chi connectivity index (χ0n) is 24.4. The number of hydrogen-bond donors (Lipinski definition) is 0. The van der Waals surface area contributed by atoms with Gasteiger partial charge in [0.25, 0.3) is 0 Å². The van der Waals surface area contributed by atoms with Gasteiger partial charge in [-0.1, -0.05) is 63.5 Å². The molecule has 0 heterocycles. The molecule has 3 aromatic carbocycles. The van der Waals surface area contributed by atoms with Gasteiger partial charge in [0.1, 0.15) is 23.3 Å². The molecule has 3 aromatic rings. The molecule has 0 amide bonds. The highest BCUT2D eigenvalue weighted by Crippen LogP contribution is 2.45. The van der Waals surface area contributed by atoms with E-state index in [-0.39, 0.29) is 27.8 Å². The van der Waals surface area contributed by atoms with E-state index in [1.165, 1.54) is 87.6 Å². The molecule has 0 unspecified atom stereocenters. The van der Waals surface area contributed by atoms with Crippen molar-refractivity contribution in [2.45, 2.75) is 96.1 Å². The Morgan fingerprint density at radius 2 is 1.37 bits per heavy atom. The highest BCUT2D eigenvalue weighted by atomic mass is 19.4. The van der Waals surface area contributed by atoms with Gasteiger partial charge in [0, 0.05) is 11.3 Å². The molecule has 2 saturated carbocycles. The summed E-state index contributed by atoms with van der Waals surface area (Å²) in [6.45, 7) is 2.24. The second-order valence-corrected chi connectivity index (χ2v) is 12.5. The molecular formula is C36H37F7.